The van der Waals surface area contributed by atoms with Crippen LogP contribution in [-0.2, 0) is 17.8 Å². The molecular weight excluding hydrogens is 336 g/mol. The number of rotatable bonds is 5. The molecule has 140 valence electrons. The van der Waals surface area contributed by atoms with E-state index in [4.69, 9.17) is 0 Å². The number of imidazole rings is 1. The van der Waals surface area contributed by atoms with Gasteiger partial charge in [0.25, 0.3) is 0 Å². The Kier molecular flexibility index (Phi) is 5.19. The van der Waals surface area contributed by atoms with Gasteiger partial charge in [-0.3, -0.25) is 9.78 Å². The number of hydrogen-bond donors (Lipinski definition) is 0. The predicted octanol–water partition coefficient (Wildman–Crippen LogP) is 3.61. The highest BCUT2D eigenvalue weighted by Gasteiger charge is 2.23. The molecular formula is C22H26N4O. The fourth-order valence-corrected chi connectivity index (χ4v) is 4.01. The number of nitrogens with zero attached hydrogens (tertiary/aromatic N) is 4. The minimum absolute atomic E-state index is 0.285. The van der Waals surface area contributed by atoms with Crippen LogP contribution in [0.4, 0.5) is 0 Å². The molecule has 1 saturated heterocycles. The second-order valence-corrected chi connectivity index (χ2v) is 7.44. The first-order chi connectivity index (χ1) is 13.2. The van der Waals surface area contributed by atoms with E-state index in [1.54, 1.807) is 0 Å². The van der Waals surface area contributed by atoms with Crippen LogP contribution in [0.15, 0.2) is 48.8 Å². The highest BCUT2D eigenvalue weighted by molar-refractivity contribution is 5.76. The molecule has 4 rings (SSSR count). The minimum Gasteiger partial charge on any atom is -0.343 e. The maximum Gasteiger partial charge on any atom is 0.222 e. The van der Waals surface area contributed by atoms with Crippen LogP contribution in [0.5, 0.6) is 0 Å². The number of piperidine rings is 1. The molecule has 0 spiro atoms. The van der Waals surface area contributed by atoms with Crippen molar-refractivity contribution in [3.8, 4) is 0 Å². The van der Waals surface area contributed by atoms with Crippen molar-refractivity contribution in [3.63, 3.8) is 0 Å². The predicted molar refractivity (Wildman–Crippen MR) is 106 cm³/mol. The summed E-state index contributed by atoms with van der Waals surface area (Å²) in [5.74, 6) is 1.92. The molecule has 1 fully saturated rings. The number of benzene rings is 1. The summed E-state index contributed by atoms with van der Waals surface area (Å²) in [6.07, 6.45) is 7.20. The summed E-state index contributed by atoms with van der Waals surface area (Å²) in [5, 5.41) is 0. The van der Waals surface area contributed by atoms with E-state index < -0.39 is 0 Å². The van der Waals surface area contributed by atoms with Crippen molar-refractivity contribution in [2.45, 2.75) is 39.2 Å². The van der Waals surface area contributed by atoms with E-state index in [-0.39, 0.29) is 5.91 Å². The van der Waals surface area contributed by atoms with Crippen molar-refractivity contribution in [1.82, 2.24) is 19.4 Å². The second kappa shape index (κ2) is 7.91. The van der Waals surface area contributed by atoms with Crippen molar-refractivity contribution in [3.05, 3.63) is 60.2 Å². The maximum atomic E-state index is 12.5. The van der Waals surface area contributed by atoms with E-state index in [1.807, 2.05) is 41.6 Å². The quantitative estimate of drug-likeness (QED) is 0.697. The van der Waals surface area contributed by atoms with E-state index in [0.717, 1.165) is 55.8 Å². The van der Waals surface area contributed by atoms with Crippen LogP contribution in [0.2, 0.25) is 0 Å². The summed E-state index contributed by atoms with van der Waals surface area (Å²) in [6, 6.07) is 12.3. The summed E-state index contributed by atoms with van der Waals surface area (Å²) in [6.45, 7) is 4.76. The Labute approximate surface area is 160 Å². The highest BCUT2D eigenvalue weighted by Crippen LogP contribution is 2.23. The van der Waals surface area contributed by atoms with E-state index >= 15 is 0 Å². The largest absolute Gasteiger partial charge is 0.343 e. The molecule has 5 heteroatoms. The van der Waals surface area contributed by atoms with Crippen molar-refractivity contribution >= 4 is 16.9 Å². The lowest BCUT2D eigenvalue weighted by atomic mass is 9.96. The van der Waals surface area contributed by atoms with Crippen LogP contribution >= 0.6 is 0 Å². The molecule has 2 aromatic heterocycles. The Morgan fingerprint density at radius 2 is 1.93 bits per heavy atom. The van der Waals surface area contributed by atoms with Gasteiger partial charge in [-0.15, -0.1) is 0 Å². The van der Waals surface area contributed by atoms with Gasteiger partial charge in [-0.1, -0.05) is 30.3 Å². The molecule has 0 saturated carbocycles. The summed E-state index contributed by atoms with van der Waals surface area (Å²) < 4.78 is 2.30. The lowest BCUT2D eigenvalue weighted by Gasteiger charge is -2.32. The molecule has 1 aromatic carbocycles. The first-order valence-electron chi connectivity index (χ1n) is 9.79. The first kappa shape index (κ1) is 17.7. The fourth-order valence-electron chi connectivity index (χ4n) is 4.01. The summed E-state index contributed by atoms with van der Waals surface area (Å²) in [5.41, 5.74) is 3.35. The van der Waals surface area contributed by atoms with Crippen molar-refractivity contribution < 1.29 is 4.79 Å². The van der Waals surface area contributed by atoms with Gasteiger partial charge in [0.2, 0.25) is 5.91 Å². The third-order valence-corrected chi connectivity index (χ3v) is 5.62. The van der Waals surface area contributed by atoms with Gasteiger partial charge in [0.1, 0.15) is 11.3 Å². The average molecular weight is 362 g/mol. The van der Waals surface area contributed by atoms with E-state index in [9.17, 15) is 4.79 Å². The molecule has 0 radical (unpaired) electrons. The van der Waals surface area contributed by atoms with E-state index in [2.05, 4.69) is 33.6 Å². The molecule has 1 aliphatic rings. The lowest BCUT2D eigenvalue weighted by molar-refractivity contribution is -0.132. The monoisotopic (exact) mass is 362 g/mol. The van der Waals surface area contributed by atoms with Crippen LogP contribution in [-0.4, -0.2) is 38.4 Å². The number of aryl methyl sites for hydroxylation is 2. The third kappa shape index (κ3) is 4.02. The normalized spacial score (nSPS) is 15.4. The van der Waals surface area contributed by atoms with Gasteiger partial charge in [-0.25, -0.2) is 4.98 Å². The van der Waals surface area contributed by atoms with Crippen LogP contribution in [0.25, 0.3) is 11.0 Å². The van der Waals surface area contributed by atoms with E-state index in [1.165, 1.54) is 5.56 Å². The number of hydrogen-bond acceptors (Lipinski definition) is 3. The molecule has 0 bridgehead atoms. The maximum absolute atomic E-state index is 12.5. The SMILES string of the molecule is Cc1nc2cnccc2n1CC1CCN(C(=O)CCc2ccccc2)CC1. The lowest BCUT2D eigenvalue weighted by Crippen LogP contribution is -2.39. The third-order valence-electron chi connectivity index (χ3n) is 5.62. The molecule has 0 aliphatic carbocycles. The Balaban J connectivity index is 1.31. The number of fused-ring (bicyclic) bond motifs is 1. The van der Waals surface area contributed by atoms with Gasteiger partial charge < -0.3 is 9.47 Å². The Morgan fingerprint density at radius 3 is 2.70 bits per heavy atom. The number of aromatic nitrogens is 3. The van der Waals surface area contributed by atoms with Crippen LogP contribution in [0.1, 0.15) is 30.7 Å². The first-order valence-corrected chi connectivity index (χ1v) is 9.79. The van der Waals surface area contributed by atoms with Crippen LogP contribution in [0.3, 0.4) is 0 Å². The number of carbonyl (C=O) groups excluding carboxylic acids is 1. The molecule has 3 heterocycles. The number of pyridine rings is 1. The van der Waals surface area contributed by atoms with Crippen molar-refractivity contribution in [1.29, 1.82) is 0 Å². The van der Waals surface area contributed by atoms with Gasteiger partial charge in [-0.2, -0.15) is 0 Å². The Bertz CT molecular complexity index is 910. The topological polar surface area (TPSA) is 51.0 Å². The minimum atomic E-state index is 0.285. The number of likely N-dealkylation sites (tertiary alicyclic amines) is 1. The van der Waals surface area contributed by atoms with Gasteiger partial charge in [0, 0.05) is 32.3 Å². The van der Waals surface area contributed by atoms with Crippen LogP contribution < -0.4 is 0 Å². The van der Waals surface area contributed by atoms with Crippen molar-refractivity contribution in [2.75, 3.05) is 13.1 Å². The molecule has 0 unspecified atom stereocenters. The summed E-state index contributed by atoms with van der Waals surface area (Å²) in [4.78, 5) is 23.3. The highest BCUT2D eigenvalue weighted by atomic mass is 16.2. The Hall–Kier alpha value is -2.69. The zero-order chi connectivity index (χ0) is 18.6. The summed E-state index contributed by atoms with van der Waals surface area (Å²) >= 11 is 0. The van der Waals surface area contributed by atoms with Crippen molar-refractivity contribution in [2.24, 2.45) is 5.92 Å². The number of amides is 1. The molecule has 5 nitrogen and oxygen atoms in total. The smallest absolute Gasteiger partial charge is 0.222 e. The van der Waals surface area contributed by atoms with Crippen LogP contribution in [0, 0.1) is 12.8 Å². The zero-order valence-corrected chi connectivity index (χ0v) is 15.8. The van der Waals surface area contributed by atoms with E-state index in [0.29, 0.717) is 12.3 Å². The summed E-state index contributed by atoms with van der Waals surface area (Å²) in [7, 11) is 0. The molecule has 1 amide bonds. The zero-order valence-electron chi connectivity index (χ0n) is 15.8. The Morgan fingerprint density at radius 1 is 1.15 bits per heavy atom. The molecule has 0 N–H and O–H groups in total. The van der Waals surface area contributed by atoms with Gasteiger partial charge in [-0.05, 0) is 43.7 Å². The molecule has 3 aromatic rings. The van der Waals surface area contributed by atoms with Gasteiger partial charge in [0.15, 0.2) is 0 Å². The molecule has 0 atom stereocenters. The fraction of sp³-hybridized carbons (Fsp3) is 0.409. The second-order valence-electron chi connectivity index (χ2n) is 7.44. The van der Waals surface area contributed by atoms with Gasteiger partial charge in [0.05, 0.1) is 11.7 Å². The number of carbonyl (C=O) groups is 1. The molecule has 27 heavy (non-hydrogen) atoms. The van der Waals surface area contributed by atoms with Gasteiger partial charge >= 0.3 is 0 Å². The molecule has 1 aliphatic heterocycles. The standard InChI is InChI=1S/C22H26N4O/c1-17-24-20-15-23-12-9-21(20)26(17)16-19-10-13-25(14-11-19)22(27)8-7-18-5-3-2-4-6-18/h2-6,9,12,15,19H,7-8,10-11,13-14,16H2,1H3. The average Bonchev–Trinajstić information content (AvgIpc) is 3.03.